The normalized spacial score (nSPS) is 29.7. The van der Waals surface area contributed by atoms with Crippen LogP contribution >= 0.6 is 0 Å². The summed E-state index contributed by atoms with van der Waals surface area (Å²) < 4.78 is 64.6. The van der Waals surface area contributed by atoms with Crippen LogP contribution in [0.2, 0.25) is 0 Å². The molecule has 1 aromatic carbocycles. The van der Waals surface area contributed by atoms with Gasteiger partial charge in [-0.15, -0.1) is 0 Å². The summed E-state index contributed by atoms with van der Waals surface area (Å²) in [6.45, 7) is 4.62. The van der Waals surface area contributed by atoms with E-state index in [1.807, 2.05) is 13.8 Å². The van der Waals surface area contributed by atoms with Crippen LogP contribution in [-0.2, 0) is 4.74 Å². The van der Waals surface area contributed by atoms with Gasteiger partial charge in [0.25, 0.3) is 5.92 Å². The van der Waals surface area contributed by atoms with Crippen LogP contribution in [0.4, 0.5) is 17.6 Å². The number of rotatable bonds is 7. The summed E-state index contributed by atoms with van der Waals surface area (Å²) in [5.41, 5.74) is 0.521. The molecule has 2 aliphatic rings. The van der Waals surface area contributed by atoms with Crippen molar-refractivity contribution >= 4 is 0 Å². The lowest BCUT2D eigenvalue weighted by Gasteiger charge is -2.36. The van der Waals surface area contributed by atoms with Crippen LogP contribution in [0.15, 0.2) is 12.1 Å². The minimum atomic E-state index is -2.81. The average Bonchev–Trinajstić information content (AvgIpc) is 2.69. The number of alkyl halides is 2. The Balaban J connectivity index is 1.70. The summed E-state index contributed by atoms with van der Waals surface area (Å²) >= 11 is 0. The lowest BCUT2D eigenvalue weighted by atomic mass is 9.74. The summed E-state index contributed by atoms with van der Waals surface area (Å²) in [6, 6.07) is 3.20. The van der Waals surface area contributed by atoms with E-state index < -0.39 is 29.4 Å². The molecular weight excluding hydrogens is 380 g/mol. The van der Waals surface area contributed by atoms with E-state index in [2.05, 4.69) is 0 Å². The van der Waals surface area contributed by atoms with E-state index in [1.165, 1.54) is 0 Å². The van der Waals surface area contributed by atoms with Crippen LogP contribution in [0.3, 0.4) is 0 Å². The fraction of sp³-hybridized carbons (Fsp3) is 0.750. The molecule has 0 amide bonds. The molecule has 0 bridgehead atoms. The standard InChI is InChI=1S/C24H34F4O/c1-3-5-6-18-10-7-17(15-24(18,27)28)21-14-13-20(22(25)23(21)26)16-8-11-19(12-9-16)29-4-2/h13-14,16-19H,3-12,15H2,1-2H3. The third-order valence-corrected chi connectivity index (χ3v) is 6.98. The monoisotopic (exact) mass is 414 g/mol. The highest BCUT2D eigenvalue weighted by molar-refractivity contribution is 5.32. The van der Waals surface area contributed by atoms with Gasteiger partial charge in [0.05, 0.1) is 6.10 Å². The van der Waals surface area contributed by atoms with Crippen LogP contribution in [-0.4, -0.2) is 18.6 Å². The van der Waals surface area contributed by atoms with Gasteiger partial charge < -0.3 is 4.74 Å². The van der Waals surface area contributed by atoms with Crippen molar-refractivity contribution in [3.8, 4) is 0 Å². The zero-order valence-corrected chi connectivity index (χ0v) is 17.7. The fourth-order valence-corrected chi connectivity index (χ4v) is 5.27. The molecule has 29 heavy (non-hydrogen) atoms. The predicted octanol–water partition coefficient (Wildman–Crippen LogP) is 7.74. The van der Waals surface area contributed by atoms with E-state index >= 15 is 0 Å². The Labute approximate surface area is 172 Å². The highest BCUT2D eigenvalue weighted by Crippen LogP contribution is 2.48. The zero-order chi connectivity index (χ0) is 21.0. The molecule has 0 radical (unpaired) electrons. The summed E-state index contributed by atoms with van der Waals surface area (Å²) in [4.78, 5) is 0. The van der Waals surface area contributed by atoms with E-state index in [-0.39, 0.29) is 24.0 Å². The predicted molar refractivity (Wildman–Crippen MR) is 108 cm³/mol. The number of hydrogen-bond donors (Lipinski definition) is 0. The first kappa shape index (κ1) is 22.6. The topological polar surface area (TPSA) is 9.23 Å². The Morgan fingerprint density at radius 2 is 1.48 bits per heavy atom. The molecule has 3 rings (SSSR count). The Kier molecular flexibility index (Phi) is 7.63. The minimum absolute atomic E-state index is 0.0264. The van der Waals surface area contributed by atoms with Gasteiger partial charge in [0, 0.05) is 18.9 Å². The minimum Gasteiger partial charge on any atom is -0.379 e. The third kappa shape index (κ3) is 5.15. The first-order chi connectivity index (χ1) is 13.9. The van der Waals surface area contributed by atoms with Gasteiger partial charge in [-0.2, -0.15) is 0 Å². The molecule has 0 N–H and O–H groups in total. The van der Waals surface area contributed by atoms with Crippen LogP contribution in [0, 0.1) is 17.6 Å². The van der Waals surface area contributed by atoms with Crippen molar-refractivity contribution in [1.29, 1.82) is 0 Å². The maximum absolute atomic E-state index is 14.9. The van der Waals surface area contributed by atoms with Crippen LogP contribution in [0.1, 0.15) is 101 Å². The summed E-state index contributed by atoms with van der Waals surface area (Å²) in [5.74, 6) is -5.83. The van der Waals surface area contributed by atoms with E-state index in [1.54, 1.807) is 12.1 Å². The Morgan fingerprint density at radius 1 is 0.897 bits per heavy atom. The Bertz CT molecular complexity index is 667. The first-order valence-corrected chi connectivity index (χ1v) is 11.3. The molecule has 164 valence electrons. The van der Waals surface area contributed by atoms with Crippen LogP contribution < -0.4 is 0 Å². The van der Waals surface area contributed by atoms with Gasteiger partial charge in [0.1, 0.15) is 0 Å². The second-order valence-corrected chi connectivity index (χ2v) is 8.88. The molecule has 1 aromatic rings. The molecule has 0 spiro atoms. The maximum Gasteiger partial charge on any atom is 0.251 e. The summed E-state index contributed by atoms with van der Waals surface area (Å²) in [6.07, 6.45) is 6.10. The maximum atomic E-state index is 14.9. The number of halogens is 4. The quantitative estimate of drug-likeness (QED) is 0.415. The molecule has 0 heterocycles. The van der Waals surface area contributed by atoms with Crippen molar-refractivity contribution in [1.82, 2.24) is 0 Å². The van der Waals surface area contributed by atoms with Crippen LogP contribution in [0.25, 0.3) is 0 Å². The van der Waals surface area contributed by atoms with E-state index in [9.17, 15) is 17.6 Å². The zero-order valence-electron chi connectivity index (χ0n) is 17.7. The van der Waals surface area contributed by atoms with Gasteiger partial charge in [-0.25, -0.2) is 17.6 Å². The Morgan fingerprint density at radius 3 is 2.03 bits per heavy atom. The van der Waals surface area contributed by atoms with Crippen molar-refractivity contribution in [2.75, 3.05) is 6.61 Å². The molecule has 2 unspecified atom stereocenters. The van der Waals surface area contributed by atoms with Crippen molar-refractivity contribution < 1.29 is 22.3 Å². The van der Waals surface area contributed by atoms with Crippen molar-refractivity contribution in [2.45, 2.75) is 102 Å². The second-order valence-electron chi connectivity index (χ2n) is 8.88. The van der Waals surface area contributed by atoms with Gasteiger partial charge in [0.2, 0.25) is 0 Å². The molecular formula is C24H34F4O. The molecule has 0 saturated heterocycles. The van der Waals surface area contributed by atoms with E-state index in [0.717, 1.165) is 38.5 Å². The van der Waals surface area contributed by atoms with Crippen molar-refractivity contribution in [3.05, 3.63) is 34.9 Å². The van der Waals surface area contributed by atoms with Gasteiger partial charge in [-0.3, -0.25) is 0 Å². The van der Waals surface area contributed by atoms with Gasteiger partial charge in [-0.1, -0.05) is 31.9 Å². The number of benzene rings is 1. The molecule has 2 atom stereocenters. The number of unbranched alkanes of at least 4 members (excludes halogenated alkanes) is 1. The highest BCUT2D eigenvalue weighted by atomic mass is 19.3. The van der Waals surface area contributed by atoms with Crippen molar-refractivity contribution in [3.63, 3.8) is 0 Å². The van der Waals surface area contributed by atoms with Gasteiger partial charge >= 0.3 is 0 Å². The SMILES string of the molecule is CCCCC1CCC(c2ccc(C3CCC(OCC)CC3)c(F)c2F)CC1(F)F. The van der Waals surface area contributed by atoms with E-state index in [4.69, 9.17) is 4.74 Å². The summed E-state index contributed by atoms with van der Waals surface area (Å²) in [5, 5.41) is 0. The first-order valence-electron chi connectivity index (χ1n) is 11.3. The number of hydrogen-bond acceptors (Lipinski definition) is 1. The molecule has 2 fully saturated rings. The molecule has 2 saturated carbocycles. The average molecular weight is 415 g/mol. The molecule has 1 nitrogen and oxygen atoms in total. The summed E-state index contributed by atoms with van der Waals surface area (Å²) in [7, 11) is 0. The lowest BCUT2D eigenvalue weighted by Crippen LogP contribution is -2.35. The molecule has 5 heteroatoms. The van der Waals surface area contributed by atoms with Crippen LogP contribution in [0.5, 0.6) is 0 Å². The smallest absolute Gasteiger partial charge is 0.251 e. The number of ether oxygens (including phenoxy) is 1. The third-order valence-electron chi connectivity index (χ3n) is 6.98. The lowest BCUT2D eigenvalue weighted by molar-refractivity contribution is -0.0951. The highest BCUT2D eigenvalue weighted by Gasteiger charge is 2.45. The van der Waals surface area contributed by atoms with Gasteiger partial charge in [-0.05, 0) is 74.8 Å². The van der Waals surface area contributed by atoms with E-state index in [0.29, 0.717) is 31.4 Å². The Hall–Kier alpha value is -1.10. The fourth-order valence-electron chi connectivity index (χ4n) is 5.27. The molecule has 0 aliphatic heterocycles. The molecule has 2 aliphatic carbocycles. The van der Waals surface area contributed by atoms with Gasteiger partial charge in [0.15, 0.2) is 11.6 Å². The second kappa shape index (κ2) is 9.80. The largest absolute Gasteiger partial charge is 0.379 e. The van der Waals surface area contributed by atoms with Crippen molar-refractivity contribution in [2.24, 2.45) is 5.92 Å². The molecule has 0 aromatic heterocycles.